The zero-order valence-corrected chi connectivity index (χ0v) is 11.6. The van der Waals surface area contributed by atoms with Crippen molar-refractivity contribution in [2.24, 2.45) is 5.41 Å². The fraction of sp³-hybridized carbons (Fsp3) is 0.533. The number of amides is 1. The highest BCUT2D eigenvalue weighted by Gasteiger charge is 2.41. The third-order valence-corrected chi connectivity index (χ3v) is 4.33. The first-order valence-corrected chi connectivity index (χ1v) is 6.92. The number of carbonyl (C=O) groups is 1. The smallest absolute Gasteiger partial charge is 0.231 e. The van der Waals surface area contributed by atoms with Crippen molar-refractivity contribution in [2.75, 3.05) is 37.4 Å². The Labute approximate surface area is 114 Å². The van der Waals surface area contributed by atoms with Crippen molar-refractivity contribution in [1.29, 1.82) is 0 Å². The molecule has 3 rings (SSSR count). The minimum Gasteiger partial charge on any atom is -0.384 e. The van der Waals surface area contributed by atoms with Gasteiger partial charge >= 0.3 is 0 Å². The van der Waals surface area contributed by atoms with Gasteiger partial charge in [0.2, 0.25) is 5.91 Å². The predicted molar refractivity (Wildman–Crippen MR) is 77.6 cm³/mol. The summed E-state index contributed by atoms with van der Waals surface area (Å²) in [6.45, 7) is 2.09. The molecule has 1 heterocycles. The molecular weight excluding hydrogens is 238 g/mol. The van der Waals surface area contributed by atoms with Crippen LogP contribution in [0.2, 0.25) is 0 Å². The molecule has 0 saturated heterocycles. The zero-order chi connectivity index (χ0) is 13.5. The molecule has 1 aliphatic heterocycles. The van der Waals surface area contributed by atoms with E-state index in [1.807, 2.05) is 20.2 Å². The average Bonchev–Trinajstić information content (AvgIpc) is 3.10. The van der Waals surface area contributed by atoms with Crippen LogP contribution in [0.5, 0.6) is 0 Å². The third-order valence-electron chi connectivity index (χ3n) is 4.33. The molecule has 0 atom stereocenters. The number of nitrogens with zero attached hydrogens (tertiary/aromatic N) is 1. The number of benzene rings is 1. The van der Waals surface area contributed by atoms with E-state index in [1.54, 1.807) is 4.90 Å². The molecule has 0 unspecified atom stereocenters. The molecule has 1 amide bonds. The Bertz CT molecular complexity index is 508. The number of fused-ring (bicyclic) bond motifs is 1. The number of hydrogen-bond donors (Lipinski definition) is 2. The van der Waals surface area contributed by atoms with Crippen molar-refractivity contribution in [1.82, 2.24) is 5.32 Å². The molecule has 2 N–H and O–H groups in total. The lowest BCUT2D eigenvalue weighted by Gasteiger charge is -2.17. The summed E-state index contributed by atoms with van der Waals surface area (Å²) in [7, 11) is 3.85. The summed E-state index contributed by atoms with van der Waals surface area (Å²) in [5.41, 5.74) is 3.76. The summed E-state index contributed by atoms with van der Waals surface area (Å²) in [6.07, 6.45) is 3.13. The van der Waals surface area contributed by atoms with Crippen LogP contribution in [0, 0.1) is 5.41 Å². The van der Waals surface area contributed by atoms with E-state index in [-0.39, 0.29) is 5.91 Å². The van der Waals surface area contributed by atoms with Crippen LogP contribution in [0.1, 0.15) is 18.4 Å². The van der Waals surface area contributed by atoms with Crippen molar-refractivity contribution in [2.45, 2.75) is 19.3 Å². The molecule has 19 heavy (non-hydrogen) atoms. The second-order valence-electron chi connectivity index (χ2n) is 5.86. The molecule has 0 spiro atoms. The van der Waals surface area contributed by atoms with E-state index in [1.165, 1.54) is 12.8 Å². The van der Waals surface area contributed by atoms with Crippen molar-refractivity contribution in [3.8, 4) is 0 Å². The number of carbonyl (C=O) groups excluding carboxylic acids is 1. The molecule has 1 saturated carbocycles. The lowest BCUT2D eigenvalue weighted by atomic mass is 10.1. The maximum atomic E-state index is 11.7. The largest absolute Gasteiger partial charge is 0.384 e. The van der Waals surface area contributed by atoms with Crippen LogP contribution in [-0.2, 0) is 11.2 Å². The summed E-state index contributed by atoms with van der Waals surface area (Å²) in [4.78, 5) is 13.4. The molecule has 0 aromatic heterocycles. The van der Waals surface area contributed by atoms with Crippen molar-refractivity contribution >= 4 is 17.3 Å². The summed E-state index contributed by atoms with van der Waals surface area (Å²) in [6, 6.07) is 6.23. The van der Waals surface area contributed by atoms with Crippen LogP contribution < -0.4 is 15.5 Å². The lowest BCUT2D eigenvalue weighted by Crippen LogP contribution is -2.26. The van der Waals surface area contributed by atoms with E-state index in [4.69, 9.17) is 0 Å². The Hall–Kier alpha value is -1.55. The average molecular weight is 259 g/mol. The zero-order valence-electron chi connectivity index (χ0n) is 11.6. The Morgan fingerprint density at radius 1 is 1.32 bits per heavy atom. The van der Waals surface area contributed by atoms with Gasteiger partial charge in [0.25, 0.3) is 0 Å². The van der Waals surface area contributed by atoms with Crippen LogP contribution in [-0.4, -0.2) is 33.1 Å². The normalized spacial score (nSPS) is 19.5. The Balaban J connectivity index is 1.67. The fourth-order valence-corrected chi connectivity index (χ4v) is 2.84. The first-order valence-electron chi connectivity index (χ1n) is 6.92. The van der Waals surface area contributed by atoms with Crippen molar-refractivity contribution in [3.63, 3.8) is 0 Å². The van der Waals surface area contributed by atoms with Gasteiger partial charge in [-0.05, 0) is 43.7 Å². The highest BCUT2D eigenvalue weighted by molar-refractivity contribution is 6.01. The first-order chi connectivity index (χ1) is 9.13. The minimum atomic E-state index is 0.181. The summed E-state index contributed by atoms with van der Waals surface area (Å²) in [5, 5.41) is 6.79. The number of anilines is 2. The van der Waals surface area contributed by atoms with E-state index < -0.39 is 0 Å². The molecule has 2 aliphatic rings. The van der Waals surface area contributed by atoms with E-state index in [0.29, 0.717) is 11.8 Å². The first kappa shape index (κ1) is 12.5. The topological polar surface area (TPSA) is 44.4 Å². The van der Waals surface area contributed by atoms with Gasteiger partial charge in [0.05, 0.1) is 6.42 Å². The van der Waals surface area contributed by atoms with Gasteiger partial charge in [0.1, 0.15) is 0 Å². The van der Waals surface area contributed by atoms with E-state index in [9.17, 15) is 4.79 Å². The van der Waals surface area contributed by atoms with Crippen LogP contribution in [0.4, 0.5) is 11.4 Å². The molecule has 4 nitrogen and oxygen atoms in total. The quantitative estimate of drug-likeness (QED) is 0.844. The van der Waals surface area contributed by atoms with Gasteiger partial charge in [0, 0.05) is 36.9 Å². The van der Waals surface area contributed by atoms with Crippen LogP contribution in [0.25, 0.3) is 0 Å². The molecule has 1 fully saturated rings. The van der Waals surface area contributed by atoms with E-state index in [2.05, 4.69) is 22.8 Å². The fourth-order valence-electron chi connectivity index (χ4n) is 2.84. The van der Waals surface area contributed by atoms with Gasteiger partial charge in [-0.15, -0.1) is 0 Å². The third kappa shape index (κ3) is 2.32. The van der Waals surface area contributed by atoms with Crippen LogP contribution in [0.15, 0.2) is 18.2 Å². The Kier molecular flexibility index (Phi) is 2.97. The second kappa shape index (κ2) is 4.53. The van der Waals surface area contributed by atoms with Crippen LogP contribution in [0.3, 0.4) is 0 Å². The standard InChI is InChI=1S/C15H21N3O/c1-16-9-15(5-6-15)10-17-12-3-4-13-11(7-12)8-14(19)18(13)2/h3-4,7,16-17H,5-6,8-10H2,1-2H3. The van der Waals surface area contributed by atoms with E-state index >= 15 is 0 Å². The molecule has 1 aromatic carbocycles. The summed E-state index contributed by atoms with van der Waals surface area (Å²) in [5.74, 6) is 0.181. The molecule has 4 heteroatoms. The van der Waals surface area contributed by atoms with Gasteiger partial charge in [0.15, 0.2) is 0 Å². The number of hydrogen-bond acceptors (Lipinski definition) is 3. The lowest BCUT2D eigenvalue weighted by molar-refractivity contribution is -0.117. The number of nitrogens with one attached hydrogen (secondary N) is 2. The highest BCUT2D eigenvalue weighted by Crippen LogP contribution is 2.45. The maximum absolute atomic E-state index is 11.7. The van der Waals surface area contributed by atoms with Gasteiger partial charge < -0.3 is 15.5 Å². The van der Waals surface area contributed by atoms with Crippen molar-refractivity contribution in [3.05, 3.63) is 23.8 Å². The molecule has 0 bridgehead atoms. The van der Waals surface area contributed by atoms with E-state index in [0.717, 1.165) is 30.0 Å². The summed E-state index contributed by atoms with van der Waals surface area (Å²) < 4.78 is 0. The van der Waals surface area contributed by atoms with Crippen molar-refractivity contribution < 1.29 is 4.79 Å². The molecule has 1 aromatic rings. The van der Waals surface area contributed by atoms with Crippen LogP contribution >= 0.6 is 0 Å². The Morgan fingerprint density at radius 2 is 2.11 bits per heavy atom. The summed E-state index contributed by atoms with van der Waals surface area (Å²) >= 11 is 0. The Morgan fingerprint density at radius 3 is 2.79 bits per heavy atom. The molecule has 1 aliphatic carbocycles. The maximum Gasteiger partial charge on any atom is 0.231 e. The monoisotopic (exact) mass is 259 g/mol. The number of likely N-dealkylation sites (N-methyl/N-ethyl adjacent to an activating group) is 1. The second-order valence-corrected chi connectivity index (χ2v) is 5.86. The van der Waals surface area contributed by atoms with Gasteiger partial charge in [-0.25, -0.2) is 0 Å². The molecule has 102 valence electrons. The molecule has 0 radical (unpaired) electrons. The van der Waals surface area contributed by atoms with Gasteiger partial charge in [-0.1, -0.05) is 0 Å². The minimum absolute atomic E-state index is 0.181. The number of rotatable bonds is 5. The predicted octanol–water partition coefficient (Wildman–Crippen LogP) is 1.62. The highest BCUT2D eigenvalue weighted by atomic mass is 16.2. The van der Waals surface area contributed by atoms with Gasteiger partial charge in [-0.2, -0.15) is 0 Å². The SMILES string of the molecule is CNCC1(CNc2ccc3c(c2)CC(=O)N3C)CC1. The molecular formula is C15H21N3O. The van der Waals surface area contributed by atoms with Gasteiger partial charge in [-0.3, -0.25) is 4.79 Å².